The van der Waals surface area contributed by atoms with E-state index in [1.807, 2.05) is 41.5 Å². The summed E-state index contributed by atoms with van der Waals surface area (Å²) in [6, 6.07) is 0.0679. The summed E-state index contributed by atoms with van der Waals surface area (Å²) in [4.78, 5) is 14.0. The summed E-state index contributed by atoms with van der Waals surface area (Å²) in [7, 11) is -1.12. The molecule has 0 aromatic carbocycles. The van der Waals surface area contributed by atoms with Gasteiger partial charge < -0.3 is 14.4 Å². The average molecular weight is 361 g/mol. The number of piperidine rings is 1. The largest absolute Gasteiger partial charge is 0.444 e. The van der Waals surface area contributed by atoms with Crippen LogP contribution in [0.5, 0.6) is 0 Å². The third-order valence-electron chi connectivity index (χ3n) is 4.63. The molecule has 0 bridgehead atoms. The van der Waals surface area contributed by atoms with Gasteiger partial charge in [0.25, 0.3) is 0 Å². The van der Waals surface area contributed by atoms with Gasteiger partial charge in [0.2, 0.25) is 0 Å². The number of nitrogens with one attached hydrogen (secondary N) is 1. The maximum atomic E-state index is 12.4. The number of rotatable bonds is 2. The van der Waals surface area contributed by atoms with E-state index >= 15 is 0 Å². The maximum Gasteiger partial charge on any atom is 0.410 e. The first-order valence-corrected chi connectivity index (χ1v) is 9.82. The molecule has 1 N–H and O–H groups in total. The van der Waals surface area contributed by atoms with Crippen LogP contribution in [0.3, 0.4) is 0 Å². The van der Waals surface area contributed by atoms with Crippen LogP contribution in [0.4, 0.5) is 4.79 Å². The number of nitrogens with zero attached hydrogens (tertiary/aromatic N) is 1. The first-order chi connectivity index (χ1) is 10.9. The molecule has 2 aliphatic rings. The molecular formula is C17H32N2O4S. The van der Waals surface area contributed by atoms with Crippen molar-refractivity contribution < 1.29 is 18.5 Å². The molecule has 2 atom stereocenters. The predicted octanol–water partition coefficient (Wildman–Crippen LogP) is 2.45. The van der Waals surface area contributed by atoms with Gasteiger partial charge in [-0.15, -0.1) is 0 Å². The summed E-state index contributed by atoms with van der Waals surface area (Å²) in [6.45, 7) is 14.1. The van der Waals surface area contributed by atoms with E-state index in [4.69, 9.17) is 9.47 Å². The summed E-state index contributed by atoms with van der Waals surface area (Å²) in [5, 5.41) is 0. The molecule has 0 aliphatic carbocycles. The van der Waals surface area contributed by atoms with Crippen LogP contribution in [0.1, 0.15) is 54.4 Å². The zero-order chi connectivity index (χ0) is 18.2. The minimum atomic E-state index is -1.12. The van der Waals surface area contributed by atoms with Gasteiger partial charge in [-0.2, -0.15) is 0 Å². The molecule has 0 saturated carbocycles. The molecule has 1 amide bonds. The molecule has 2 unspecified atom stereocenters. The van der Waals surface area contributed by atoms with Crippen molar-refractivity contribution in [3.8, 4) is 0 Å². The fourth-order valence-corrected chi connectivity index (χ4v) is 4.01. The monoisotopic (exact) mass is 360 g/mol. The van der Waals surface area contributed by atoms with Gasteiger partial charge in [-0.1, -0.05) is 0 Å². The Balaban J connectivity index is 1.96. The second kappa shape index (κ2) is 6.92. The Labute approximate surface area is 148 Å². The van der Waals surface area contributed by atoms with Crippen molar-refractivity contribution in [2.45, 2.75) is 70.8 Å². The second-order valence-corrected chi connectivity index (χ2v) is 10.9. The van der Waals surface area contributed by atoms with Crippen molar-refractivity contribution >= 4 is 17.1 Å². The first-order valence-electron chi connectivity index (χ1n) is 8.67. The smallest absolute Gasteiger partial charge is 0.410 e. The molecule has 7 heteroatoms. The average Bonchev–Trinajstić information content (AvgIpc) is 2.79. The molecule has 2 rings (SSSR count). The molecule has 0 aromatic heterocycles. The number of hydrogen-bond donors (Lipinski definition) is 1. The lowest BCUT2D eigenvalue weighted by molar-refractivity contribution is 0.00667. The van der Waals surface area contributed by atoms with Gasteiger partial charge in [-0.05, 0) is 54.4 Å². The van der Waals surface area contributed by atoms with Gasteiger partial charge >= 0.3 is 6.09 Å². The highest BCUT2D eigenvalue weighted by molar-refractivity contribution is 7.84. The lowest BCUT2D eigenvalue weighted by atomic mass is 9.75. The first kappa shape index (κ1) is 19.7. The Hall–Kier alpha value is -0.660. The summed E-state index contributed by atoms with van der Waals surface area (Å²) in [5.74, 6) is 0. The van der Waals surface area contributed by atoms with Crippen LogP contribution in [-0.2, 0) is 20.5 Å². The Morgan fingerprint density at radius 3 is 2.29 bits per heavy atom. The molecule has 6 nitrogen and oxygen atoms in total. The Kier molecular flexibility index (Phi) is 5.67. The zero-order valence-corrected chi connectivity index (χ0v) is 16.6. The molecule has 24 heavy (non-hydrogen) atoms. The standard InChI is InChI=1S/C17H32N2O4S/c1-15(2,3)23-14(20)19-9-7-17(8-10-19)12-22-11-13(17)18-24(21)16(4,5)6/h13,18H,7-12H2,1-6H3. The van der Waals surface area contributed by atoms with Gasteiger partial charge in [0, 0.05) is 18.5 Å². The van der Waals surface area contributed by atoms with E-state index < -0.39 is 16.6 Å². The molecule has 2 heterocycles. The van der Waals surface area contributed by atoms with Crippen LogP contribution in [0.25, 0.3) is 0 Å². The minimum absolute atomic E-state index is 0.0422. The van der Waals surface area contributed by atoms with Crippen LogP contribution in [0.2, 0.25) is 0 Å². The van der Waals surface area contributed by atoms with Crippen LogP contribution in [-0.4, -0.2) is 57.9 Å². The highest BCUT2D eigenvalue weighted by Crippen LogP contribution is 2.40. The number of amides is 1. The van der Waals surface area contributed by atoms with Crippen LogP contribution in [0, 0.1) is 5.41 Å². The van der Waals surface area contributed by atoms with Crippen molar-refractivity contribution in [3.63, 3.8) is 0 Å². The molecular weight excluding hydrogens is 328 g/mol. The topological polar surface area (TPSA) is 67.9 Å². The molecule has 1 spiro atoms. The van der Waals surface area contributed by atoms with Crippen molar-refractivity contribution in [1.82, 2.24) is 9.62 Å². The lowest BCUT2D eigenvalue weighted by Gasteiger charge is -2.42. The maximum absolute atomic E-state index is 12.4. The van der Waals surface area contributed by atoms with E-state index in [0.717, 1.165) is 12.8 Å². The fraction of sp³-hybridized carbons (Fsp3) is 0.941. The highest BCUT2D eigenvalue weighted by atomic mass is 32.2. The highest BCUT2D eigenvalue weighted by Gasteiger charge is 2.48. The number of likely N-dealkylation sites (tertiary alicyclic amines) is 1. The number of ether oxygens (including phenoxy) is 2. The fourth-order valence-electron chi connectivity index (χ4n) is 3.08. The molecule has 2 saturated heterocycles. The van der Waals surface area contributed by atoms with E-state index in [1.54, 1.807) is 4.90 Å². The summed E-state index contributed by atoms with van der Waals surface area (Å²) in [6.07, 6.45) is 1.43. The van der Waals surface area contributed by atoms with E-state index in [2.05, 4.69) is 4.72 Å². The quantitative estimate of drug-likeness (QED) is 0.821. The molecule has 0 aromatic rings. The normalized spacial score (nSPS) is 25.8. The van der Waals surface area contributed by atoms with Crippen LogP contribution in [0.15, 0.2) is 0 Å². The Morgan fingerprint density at radius 2 is 1.79 bits per heavy atom. The summed E-state index contributed by atoms with van der Waals surface area (Å²) >= 11 is 0. The molecule has 2 fully saturated rings. The van der Waals surface area contributed by atoms with E-state index in [-0.39, 0.29) is 22.3 Å². The van der Waals surface area contributed by atoms with Crippen LogP contribution >= 0.6 is 0 Å². The third-order valence-corrected chi connectivity index (χ3v) is 6.24. The number of carbonyl (C=O) groups excluding carboxylic acids is 1. The zero-order valence-electron chi connectivity index (χ0n) is 15.8. The SMILES string of the molecule is CC(C)(C)OC(=O)N1CCC2(CC1)COCC2NS(=O)C(C)(C)C. The third kappa shape index (κ3) is 4.70. The number of hydrogen-bond acceptors (Lipinski definition) is 4. The van der Waals surface area contributed by atoms with Gasteiger partial charge in [0.1, 0.15) is 5.60 Å². The molecule has 140 valence electrons. The summed E-state index contributed by atoms with van der Waals surface area (Å²) in [5.41, 5.74) is -0.518. The molecule has 2 aliphatic heterocycles. The Morgan fingerprint density at radius 1 is 1.21 bits per heavy atom. The van der Waals surface area contributed by atoms with Gasteiger partial charge in [0.05, 0.1) is 35.0 Å². The van der Waals surface area contributed by atoms with Crippen molar-refractivity contribution in [1.29, 1.82) is 0 Å². The van der Waals surface area contributed by atoms with Gasteiger partial charge in [-0.25, -0.2) is 13.7 Å². The Bertz CT molecular complexity index is 488. The number of carbonyl (C=O) groups is 1. The predicted molar refractivity (Wildman–Crippen MR) is 95.1 cm³/mol. The molecule has 0 radical (unpaired) electrons. The minimum Gasteiger partial charge on any atom is -0.444 e. The van der Waals surface area contributed by atoms with E-state index in [9.17, 15) is 9.00 Å². The van der Waals surface area contributed by atoms with Gasteiger partial charge in [-0.3, -0.25) is 0 Å². The van der Waals surface area contributed by atoms with Crippen LogP contribution < -0.4 is 4.72 Å². The lowest BCUT2D eigenvalue weighted by Crippen LogP contribution is -2.54. The second-order valence-electron chi connectivity index (χ2n) is 8.90. The van der Waals surface area contributed by atoms with Gasteiger partial charge in [0.15, 0.2) is 0 Å². The summed E-state index contributed by atoms with van der Waals surface area (Å²) < 4.78 is 26.6. The van der Waals surface area contributed by atoms with Crippen molar-refractivity contribution in [2.24, 2.45) is 5.41 Å². The van der Waals surface area contributed by atoms with Crippen molar-refractivity contribution in [3.05, 3.63) is 0 Å². The van der Waals surface area contributed by atoms with E-state index in [1.165, 1.54) is 0 Å². The van der Waals surface area contributed by atoms with Crippen molar-refractivity contribution in [2.75, 3.05) is 26.3 Å². The van der Waals surface area contributed by atoms with E-state index in [0.29, 0.717) is 26.3 Å².